The molecule has 2 unspecified atom stereocenters. The molecule has 0 radical (unpaired) electrons. The molecule has 1 aliphatic rings. The first-order valence-electron chi connectivity index (χ1n) is 7.96. The van der Waals surface area contributed by atoms with E-state index >= 15 is 0 Å². The van der Waals surface area contributed by atoms with Crippen molar-refractivity contribution in [3.8, 4) is 0 Å². The Morgan fingerprint density at radius 2 is 2.04 bits per heavy atom. The van der Waals surface area contributed by atoms with Crippen LogP contribution in [0.25, 0.3) is 0 Å². The standard InChI is InChI=1S/C17H24N2O4/c1-3-9-22-14-10-15(16(20)18-2)19(11-14)17(21)23-12-13-7-5-4-6-8-13/h4-8,14-15H,3,9-12H2,1-2H3,(H,18,20). The van der Waals surface area contributed by atoms with Crippen molar-refractivity contribution >= 4 is 12.0 Å². The zero-order valence-corrected chi connectivity index (χ0v) is 13.7. The van der Waals surface area contributed by atoms with Crippen molar-refractivity contribution in [2.45, 2.75) is 38.5 Å². The second-order valence-corrected chi connectivity index (χ2v) is 5.55. The Hall–Kier alpha value is -2.08. The molecule has 1 heterocycles. The third kappa shape index (κ3) is 4.69. The van der Waals surface area contributed by atoms with E-state index < -0.39 is 12.1 Å². The Bertz CT molecular complexity index is 521. The number of hydrogen-bond donors (Lipinski definition) is 1. The highest BCUT2D eigenvalue weighted by molar-refractivity contribution is 5.86. The van der Waals surface area contributed by atoms with Gasteiger partial charge in [-0.25, -0.2) is 4.79 Å². The second kappa shape index (κ2) is 8.53. The van der Waals surface area contributed by atoms with E-state index in [2.05, 4.69) is 5.32 Å². The zero-order valence-electron chi connectivity index (χ0n) is 13.7. The molecule has 126 valence electrons. The van der Waals surface area contributed by atoms with Gasteiger partial charge in [0.2, 0.25) is 5.91 Å². The number of likely N-dealkylation sites (N-methyl/N-ethyl adjacent to an activating group) is 1. The molecule has 0 aromatic heterocycles. The monoisotopic (exact) mass is 320 g/mol. The summed E-state index contributed by atoms with van der Waals surface area (Å²) < 4.78 is 11.0. The lowest BCUT2D eigenvalue weighted by atomic mass is 10.2. The van der Waals surface area contributed by atoms with Crippen LogP contribution in [0.1, 0.15) is 25.3 Å². The highest BCUT2D eigenvalue weighted by Crippen LogP contribution is 2.22. The normalized spacial score (nSPS) is 20.3. The molecule has 6 heteroatoms. The summed E-state index contributed by atoms with van der Waals surface area (Å²) in [7, 11) is 1.57. The first-order chi connectivity index (χ1) is 11.2. The molecule has 0 saturated carbocycles. The number of ether oxygens (including phenoxy) is 2. The topological polar surface area (TPSA) is 67.9 Å². The molecule has 1 aromatic carbocycles. The van der Waals surface area contributed by atoms with Crippen molar-refractivity contribution in [1.29, 1.82) is 0 Å². The molecule has 6 nitrogen and oxygen atoms in total. The predicted octanol–water partition coefficient (Wildman–Crippen LogP) is 1.94. The van der Waals surface area contributed by atoms with Gasteiger partial charge in [0.25, 0.3) is 0 Å². The largest absolute Gasteiger partial charge is 0.445 e. The Balaban J connectivity index is 1.96. The molecule has 1 aromatic rings. The molecule has 2 amide bonds. The Morgan fingerprint density at radius 1 is 1.30 bits per heavy atom. The van der Waals surface area contributed by atoms with Crippen LogP contribution in [0.2, 0.25) is 0 Å². The van der Waals surface area contributed by atoms with Gasteiger partial charge in [-0.1, -0.05) is 37.3 Å². The van der Waals surface area contributed by atoms with Gasteiger partial charge in [0, 0.05) is 20.1 Å². The smallest absolute Gasteiger partial charge is 0.410 e. The first kappa shape index (κ1) is 17.3. The molecule has 1 N–H and O–H groups in total. The van der Waals surface area contributed by atoms with Crippen molar-refractivity contribution in [2.24, 2.45) is 0 Å². The third-order valence-electron chi connectivity index (χ3n) is 3.81. The van der Waals surface area contributed by atoms with Gasteiger partial charge >= 0.3 is 6.09 Å². The molecule has 0 bridgehead atoms. The summed E-state index contributed by atoms with van der Waals surface area (Å²) in [4.78, 5) is 25.8. The number of amides is 2. The highest BCUT2D eigenvalue weighted by atomic mass is 16.6. The van der Waals surface area contributed by atoms with Crippen LogP contribution >= 0.6 is 0 Å². The van der Waals surface area contributed by atoms with Gasteiger partial charge in [0.05, 0.1) is 12.6 Å². The van der Waals surface area contributed by atoms with Gasteiger partial charge in [-0.3, -0.25) is 9.69 Å². The third-order valence-corrected chi connectivity index (χ3v) is 3.81. The number of carbonyl (C=O) groups is 2. The number of carbonyl (C=O) groups excluding carboxylic acids is 2. The molecule has 0 spiro atoms. The van der Waals surface area contributed by atoms with Crippen molar-refractivity contribution in [3.05, 3.63) is 35.9 Å². The maximum Gasteiger partial charge on any atom is 0.410 e. The minimum Gasteiger partial charge on any atom is -0.445 e. The number of hydrogen-bond acceptors (Lipinski definition) is 4. The summed E-state index contributed by atoms with van der Waals surface area (Å²) in [6, 6.07) is 8.93. The highest BCUT2D eigenvalue weighted by Gasteiger charge is 2.40. The molecule has 1 fully saturated rings. The maximum atomic E-state index is 12.3. The van der Waals surface area contributed by atoms with E-state index in [1.165, 1.54) is 4.90 Å². The quantitative estimate of drug-likeness (QED) is 0.870. The Kier molecular flexibility index (Phi) is 6.40. The number of nitrogens with one attached hydrogen (secondary N) is 1. The molecular weight excluding hydrogens is 296 g/mol. The minimum atomic E-state index is -0.537. The SMILES string of the molecule is CCCOC1CC(C(=O)NC)N(C(=O)OCc2ccccc2)C1. The minimum absolute atomic E-state index is 0.124. The number of likely N-dealkylation sites (tertiary alicyclic amines) is 1. The fourth-order valence-corrected chi connectivity index (χ4v) is 2.62. The first-order valence-corrected chi connectivity index (χ1v) is 7.96. The number of rotatable bonds is 6. The lowest BCUT2D eigenvalue weighted by Crippen LogP contribution is -2.45. The van der Waals surface area contributed by atoms with Crippen LogP contribution in [0, 0.1) is 0 Å². The molecule has 2 rings (SSSR count). The van der Waals surface area contributed by atoms with Gasteiger partial charge in [-0.05, 0) is 12.0 Å². The van der Waals surface area contributed by atoms with Crippen LogP contribution in [0.3, 0.4) is 0 Å². The van der Waals surface area contributed by atoms with Gasteiger partial charge in [0.1, 0.15) is 12.6 Å². The van der Waals surface area contributed by atoms with E-state index in [-0.39, 0.29) is 18.6 Å². The lowest BCUT2D eigenvalue weighted by molar-refractivity contribution is -0.124. The van der Waals surface area contributed by atoms with Crippen LogP contribution in [-0.4, -0.2) is 49.2 Å². The summed E-state index contributed by atoms with van der Waals surface area (Å²) in [5.74, 6) is -0.191. The van der Waals surface area contributed by atoms with Crippen LogP contribution in [0.4, 0.5) is 4.79 Å². The molecule has 1 saturated heterocycles. The molecule has 2 atom stereocenters. The van der Waals surface area contributed by atoms with Crippen LogP contribution in [0.15, 0.2) is 30.3 Å². The zero-order chi connectivity index (χ0) is 16.7. The predicted molar refractivity (Wildman–Crippen MR) is 85.8 cm³/mol. The molecule has 0 aliphatic carbocycles. The summed E-state index contributed by atoms with van der Waals surface area (Å²) in [5.41, 5.74) is 0.912. The van der Waals surface area contributed by atoms with E-state index in [0.717, 1.165) is 12.0 Å². The number of nitrogens with zero attached hydrogens (tertiary/aromatic N) is 1. The van der Waals surface area contributed by atoms with E-state index in [1.54, 1.807) is 7.05 Å². The fraction of sp³-hybridized carbons (Fsp3) is 0.529. The van der Waals surface area contributed by atoms with Crippen LogP contribution < -0.4 is 5.32 Å². The van der Waals surface area contributed by atoms with Crippen molar-refractivity contribution in [3.63, 3.8) is 0 Å². The van der Waals surface area contributed by atoms with Crippen molar-refractivity contribution < 1.29 is 19.1 Å². The summed E-state index contributed by atoms with van der Waals surface area (Å²) in [6.07, 6.45) is 0.797. The Morgan fingerprint density at radius 3 is 2.70 bits per heavy atom. The van der Waals surface area contributed by atoms with E-state index in [1.807, 2.05) is 37.3 Å². The second-order valence-electron chi connectivity index (χ2n) is 5.55. The summed E-state index contributed by atoms with van der Waals surface area (Å²) in [5, 5.41) is 2.60. The van der Waals surface area contributed by atoms with Gasteiger partial charge in [0.15, 0.2) is 0 Å². The van der Waals surface area contributed by atoms with Gasteiger partial charge in [-0.2, -0.15) is 0 Å². The Labute approximate surface area is 136 Å². The summed E-state index contributed by atoms with van der Waals surface area (Å²) in [6.45, 7) is 3.22. The fourth-order valence-electron chi connectivity index (χ4n) is 2.62. The molecule has 23 heavy (non-hydrogen) atoms. The number of benzene rings is 1. The van der Waals surface area contributed by atoms with E-state index in [9.17, 15) is 9.59 Å². The molecular formula is C17H24N2O4. The van der Waals surface area contributed by atoms with E-state index in [0.29, 0.717) is 19.6 Å². The molecule has 1 aliphatic heterocycles. The van der Waals surface area contributed by atoms with Crippen molar-refractivity contribution in [2.75, 3.05) is 20.2 Å². The van der Waals surface area contributed by atoms with Crippen molar-refractivity contribution in [1.82, 2.24) is 10.2 Å². The van der Waals surface area contributed by atoms with Gasteiger partial charge < -0.3 is 14.8 Å². The van der Waals surface area contributed by atoms with Crippen LogP contribution in [-0.2, 0) is 20.9 Å². The van der Waals surface area contributed by atoms with Crippen LogP contribution in [0.5, 0.6) is 0 Å². The maximum absolute atomic E-state index is 12.3. The lowest BCUT2D eigenvalue weighted by Gasteiger charge is -2.22. The summed E-state index contributed by atoms with van der Waals surface area (Å²) >= 11 is 0. The van der Waals surface area contributed by atoms with Gasteiger partial charge in [-0.15, -0.1) is 0 Å². The average molecular weight is 320 g/mol. The average Bonchev–Trinajstić information content (AvgIpc) is 3.02. The van der Waals surface area contributed by atoms with E-state index in [4.69, 9.17) is 9.47 Å².